The largest absolute Gasteiger partial charge is 0.381 e. The van der Waals surface area contributed by atoms with E-state index in [-0.39, 0.29) is 23.1 Å². The van der Waals surface area contributed by atoms with Crippen LogP contribution in [-0.2, 0) is 0 Å². The van der Waals surface area contributed by atoms with Crippen LogP contribution >= 0.6 is 0 Å². The number of aromatic nitrogens is 3. The Hall–Kier alpha value is -2.51. The first-order chi connectivity index (χ1) is 8.91. The second kappa shape index (κ2) is 4.63. The molecule has 1 heterocycles. The second-order valence-electron chi connectivity index (χ2n) is 4.32. The Kier molecular flexibility index (Phi) is 3.16. The zero-order chi connectivity index (χ0) is 14.2. The van der Waals surface area contributed by atoms with Gasteiger partial charge in [0.05, 0.1) is 16.7 Å². The van der Waals surface area contributed by atoms with Crippen molar-refractivity contribution < 1.29 is 9.31 Å². The van der Waals surface area contributed by atoms with E-state index in [4.69, 9.17) is 5.73 Å². The zero-order valence-corrected chi connectivity index (χ0v) is 10.4. The molecule has 2 rings (SSSR count). The quantitative estimate of drug-likeness (QED) is 0.676. The third-order valence-electron chi connectivity index (χ3n) is 2.65. The van der Waals surface area contributed by atoms with Crippen LogP contribution in [0.25, 0.3) is 5.69 Å². The topological polar surface area (TPSA) is 99.9 Å². The van der Waals surface area contributed by atoms with Crippen molar-refractivity contribution in [1.82, 2.24) is 15.0 Å². The van der Waals surface area contributed by atoms with Crippen LogP contribution in [0.4, 0.5) is 15.9 Å². The van der Waals surface area contributed by atoms with Crippen molar-refractivity contribution in [3.8, 4) is 5.69 Å². The first-order valence-corrected chi connectivity index (χ1v) is 5.57. The highest BCUT2D eigenvalue weighted by atomic mass is 19.1. The molecule has 1 aromatic carbocycles. The zero-order valence-electron chi connectivity index (χ0n) is 10.4. The summed E-state index contributed by atoms with van der Waals surface area (Å²) in [5.74, 6) is -0.543. The van der Waals surface area contributed by atoms with Crippen LogP contribution in [0.3, 0.4) is 0 Å². The molecule has 0 saturated carbocycles. The number of rotatable bonds is 3. The van der Waals surface area contributed by atoms with Crippen molar-refractivity contribution in [1.29, 1.82) is 0 Å². The van der Waals surface area contributed by atoms with Crippen LogP contribution in [0.5, 0.6) is 0 Å². The van der Waals surface area contributed by atoms with E-state index in [0.717, 1.165) is 6.07 Å². The van der Waals surface area contributed by atoms with Crippen molar-refractivity contribution in [2.45, 2.75) is 19.8 Å². The van der Waals surface area contributed by atoms with Gasteiger partial charge in [-0.05, 0) is 12.0 Å². The molecule has 1 aromatic heterocycles. The summed E-state index contributed by atoms with van der Waals surface area (Å²) in [7, 11) is 0. The number of nitro benzene ring substituents is 1. The van der Waals surface area contributed by atoms with Crippen molar-refractivity contribution in [3.63, 3.8) is 0 Å². The fourth-order valence-electron chi connectivity index (χ4n) is 1.80. The molecule has 0 spiro atoms. The standard InChI is InChI=1S/C11H12FN5O2/c1-6(2)10-11(13)14-15-16(10)9-4-3-7(17(18)19)5-8(9)12/h3-6H,13H2,1-2H3. The van der Waals surface area contributed by atoms with Crippen molar-refractivity contribution in [2.75, 3.05) is 5.73 Å². The highest BCUT2D eigenvalue weighted by Gasteiger charge is 2.19. The molecular weight excluding hydrogens is 253 g/mol. The van der Waals surface area contributed by atoms with Crippen molar-refractivity contribution >= 4 is 11.5 Å². The molecule has 0 atom stereocenters. The molecule has 0 aliphatic carbocycles. The van der Waals surface area contributed by atoms with Gasteiger partial charge in [-0.15, -0.1) is 5.10 Å². The molecule has 0 fully saturated rings. The van der Waals surface area contributed by atoms with Crippen LogP contribution in [0.15, 0.2) is 18.2 Å². The van der Waals surface area contributed by atoms with Gasteiger partial charge in [0.15, 0.2) is 11.6 Å². The van der Waals surface area contributed by atoms with Gasteiger partial charge in [0.25, 0.3) is 5.69 Å². The van der Waals surface area contributed by atoms with E-state index >= 15 is 0 Å². The van der Waals surface area contributed by atoms with Gasteiger partial charge < -0.3 is 5.73 Å². The summed E-state index contributed by atoms with van der Waals surface area (Å²) < 4.78 is 15.2. The van der Waals surface area contributed by atoms with Gasteiger partial charge in [-0.1, -0.05) is 19.1 Å². The third kappa shape index (κ3) is 2.24. The number of nitro groups is 1. The molecule has 0 saturated heterocycles. The minimum absolute atomic E-state index is 0.00964. The smallest absolute Gasteiger partial charge is 0.272 e. The number of anilines is 1. The molecule has 8 heteroatoms. The molecule has 2 aromatic rings. The second-order valence-corrected chi connectivity index (χ2v) is 4.32. The van der Waals surface area contributed by atoms with E-state index in [1.165, 1.54) is 16.8 Å². The van der Waals surface area contributed by atoms with Gasteiger partial charge >= 0.3 is 0 Å². The highest BCUT2D eigenvalue weighted by Crippen LogP contribution is 2.25. The fourth-order valence-corrected chi connectivity index (χ4v) is 1.80. The lowest BCUT2D eigenvalue weighted by molar-refractivity contribution is -0.385. The number of hydrogen-bond acceptors (Lipinski definition) is 5. The Labute approximate surface area is 108 Å². The highest BCUT2D eigenvalue weighted by molar-refractivity contribution is 5.46. The average Bonchev–Trinajstić information content (AvgIpc) is 2.70. The van der Waals surface area contributed by atoms with Gasteiger partial charge in [-0.2, -0.15) is 0 Å². The average molecular weight is 265 g/mol. The third-order valence-corrected chi connectivity index (χ3v) is 2.65. The summed E-state index contributed by atoms with van der Waals surface area (Å²) in [5, 5.41) is 18.0. The number of nitrogens with zero attached hydrogens (tertiary/aromatic N) is 4. The lowest BCUT2D eigenvalue weighted by atomic mass is 10.1. The van der Waals surface area contributed by atoms with Gasteiger partial charge in [-0.3, -0.25) is 10.1 Å². The maximum atomic E-state index is 13.9. The molecule has 100 valence electrons. The van der Waals surface area contributed by atoms with Gasteiger partial charge in [-0.25, -0.2) is 9.07 Å². The minimum Gasteiger partial charge on any atom is -0.381 e. The molecule has 0 aliphatic rings. The summed E-state index contributed by atoms with van der Waals surface area (Å²) in [6, 6.07) is 3.34. The van der Waals surface area contributed by atoms with E-state index in [1.807, 2.05) is 13.8 Å². The summed E-state index contributed by atoms with van der Waals surface area (Å²) in [5.41, 5.74) is 6.01. The maximum absolute atomic E-state index is 13.9. The van der Waals surface area contributed by atoms with Crippen LogP contribution in [0.2, 0.25) is 0 Å². The Balaban J connectivity index is 2.57. The first-order valence-electron chi connectivity index (χ1n) is 5.57. The molecule has 19 heavy (non-hydrogen) atoms. The monoisotopic (exact) mass is 265 g/mol. The van der Waals surface area contributed by atoms with Gasteiger partial charge in [0.1, 0.15) is 5.69 Å². The summed E-state index contributed by atoms with van der Waals surface area (Å²) in [6.07, 6.45) is 0. The van der Waals surface area contributed by atoms with E-state index in [1.54, 1.807) is 0 Å². The molecule has 0 aliphatic heterocycles. The fraction of sp³-hybridized carbons (Fsp3) is 0.273. The number of nitrogens with two attached hydrogens (primary N) is 1. The lowest BCUT2D eigenvalue weighted by Gasteiger charge is -2.10. The summed E-state index contributed by atoms with van der Waals surface area (Å²) in [4.78, 5) is 9.90. The predicted octanol–water partition coefficient (Wildman–Crippen LogP) is 2.02. The molecular formula is C11H12FN5O2. The number of halogens is 1. The predicted molar refractivity (Wildman–Crippen MR) is 66.5 cm³/mol. The van der Waals surface area contributed by atoms with Crippen LogP contribution < -0.4 is 5.73 Å². The molecule has 0 amide bonds. The number of non-ortho nitro benzene ring substituents is 1. The normalized spacial score (nSPS) is 10.9. The van der Waals surface area contributed by atoms with E-state index in [2.05, 4.69) is 10.3 Å². The number of nitrogen functional groups attached to an aromatic ring is 1. The van der Waals surface area contributed by atoms with Crippen LogP contribution in [-0.4, -0.2) is 19.9 Å². The Bertz CT molecular complexity index is 638. The van der Waals surface area contributed by atoms with Crippen LogP contribution in [0, 0.1) is 15.9 Å². The molecule has 7 nitrogen and oxygen atoms in total. The molecule has 0 radical (unpaired) electrons. The first kappa shape index (κ1) is 12.9. The van der Waals surface area contributed by atoms with E-state index in [9.17, 15) is 14.5 Å². The van der Waals surface area contributed by atoms with E-state index < -0.39 is 10.7 Å². The number of benzene rings is 1. The molecule has 0 unspecified atom stereocenters. The SMILES string of the molecule is CC(C)c1c(N)nnn1-c1ccc([N+](=O)[O-])cc1F. The maximum Gasteiger partial charge on any atom is 0.272 e. The summed E-state index contributed by atoms with van der Waals surface area (Å²) >= 11 is 0. The number of hydrogen-bond donors (Lipinski definition) is 1. The Morgan fingerprint density at radius 3 is 2.68 bits per heavy atom. The van der Waals surface area contributed by atoms with Crippen molar-refractivity contribution in [3.05, 3.63) is 39.8 Å². The van der Waals surface area contributed by atoms with E-state index in [0.29, 0.717) is 5.69 Å². The molecule has 2 N–H and O–H groups in total. The molecule has 0 bridgehead atoms. The lowest BCUT2D eigenvalue weighted by Crippen LogP contribution is -2.07. The minimum atomic E-state index is -0.749. The van der Waals surface area contributed by atoms with Crippen molar-refractivity contribution in [2.24, 2.45) is 0 Å². The summed E-state index contributed by atoms with van der Waals surface area (Å²) in [6.45, 7) is 3.74. The van der Waals surface area contributed by atoms with Gasteiger partial charge in [0, 0.05) is 6.07 Å². The van der Waals surface area contributed by atoms with Gasteiger partial charge in [0.2, 0.25) is 0 Å². The Morgan fingerprint density at radius 1 is 1.47 bits per heavy atom. The Morgan fingerprint density at radius 2 is 2.16 bits per heavy atom. The van der Waals surface area contributed by atoms with Crippen LogP contribution in [0.1, 0.15) is 25.5 Å².